The summed E-state index contributed by atoms with van der Waals surface area (Å²) < 4.78 is 13.3. The lowest BCUT2D eigenvalue weighted by Gasteiger charge is -2.24. The highest BCUT2D eigenvalue weighted by molar-refractivity contribution is 9.10. The van der Waals surface area contributed by atoms with Crippen molar-refractivity contribution in [2.45, 2.75) is 32.1 Å². The van der Waals surface area contributed by atoms with Gasteiger partial charge < -0.3 is 10.6 Å². The minimum absolute atomic E-state index is 0.0327. The van der Waals surface area contributed by atoms with Crippen molar-refractivity contribution in [1.82, 2.24) is 0 Å². The smallest absolute Gasteiger partial charge is 0.253 e. The molecule has 23 heavy (non-hydrogen) atoms. The molecule has 2 N–H and O–H groups in total. The zero-order valence-corrected chi connectivity index (χ0v) is 14.6. The molecule has 0 unspecified atom stereocenters. The minimum Gasteiger partial charge on any atom is -0.370 e. The molecule has 0 spiro atoms. The molecular weight excluding hydrogens is 363 g/mol. The van der Waals surface area contributed by atoms with Gasteiger partial charge in [-0.05, 0) is 31.0 Å². The molecule has 6 heteroatoms. The summed E-state index contributed by atoms with van der Waals surface area (Å²) in [5.74, 6) is -0.586. The maximum atomic E-state index is 12.5. The molecule has 0 fully saturated rings. The maximum absolute atomic E-state index is 12.5. The van der Waals surface area contributed by atoms with Gasteiger partial charge in [-0.3, -0.25) is 14.0 Å². The molecule has 0 aliphatic carbocycles. The van der Waals surface area contributed by atoms with Crippen molar-refractivity contribution in [3.8, 4) is 0 Å². The van der Waals surface area contributed by atoms with Gasteiger partial charge in [-0.15, -0.1) is 0 Å². The third kappa shape index (κ3) is 6.95. The monoisotopic (exact) mass is 384 g/mol. The van der Waals surface area contributed by atoms with Gasteiger partial charge in [-0.1, -0.05) is 35.0 Å². The first kappa shape index (κ1) is 19.4. The number of nitrogens with zero attached hydrogens (tertiary/aromatic N) is 1. The Morgan fingerprint density at radius 1 is 1.22 bits per heavy atom. The number of rotatable bonds is 10. The predicted molar refractivity (Wildman–Crippen MR) is 93.9 cm³/mol. The lowest BCUT2D eigenvalue weighted by atomic mass is 10.1. The Bertz CT molecular complexity index is 563. The second-order valence-corrected chi connectivity index (χ2v) is 6.17. The van der Waals surface area contributed by atoms with Crippen LogP contribution in [0.15, 0.2) is 40.9 Å². The second-order valence-electron chi connectivity index (χ2n) is 5.26. The van der Waals surface area contributed by atoms with Crippen LogP contribution in [-0.4, -0.2) is 25.0 Å². The van der Waals surface area contributed by atoms with Crippen molar-refractivity contribution in [1.29, 1.82) is 0 Å². The number of benzene rings is 1. The lowest BCUT2D eigenvalue weighted by molar-refractivity contribution is -0.118. The topological polar surface area (TPSA) is 63.4 Å². The molecule has 0 heterocycles. The fraction of sp³-hybridized carbons (Fsp3) is 0.412. The highest BCUT2D eigenvalue weighted by Crippen LogP contribution is 2.22. The van der Waals surface area contributed by atoms with E-state index in [4.69, 9.17) is 5.73 Å². The first-order valence-corrected chi connectivity index (χ1v) is 8.34. The molecule has 1 aromatic rings. The summed E-state index contributed by atoms with van der Waals surface area (Å²) in [5, 5.41) is 0. The van der Waals surface area contributed by atoms with Crippen molar-refractivity contribution in [3.05, 3.63) is 40.9 Å². The van der Waals surface area contributed by atoms with Gasteiger partial charge in [-0.2, -0.15) is 0 Å². The second kappa shape index (κ2) is 10.2. The summed E-state index contributed by atoms with van der Waals surface area (Å²) >= 11 is 3.38. The molecular formula is C17H22BrFN2O2. The number of primary amides is 1. The Morgan fingerprint density at radius 3 is 2.57 bits per heavy atom. The average Bonchev–Trinajstić information content (AvgIpc) is 2.50. The quantitative estimate of drug-likeness (QED) is 0.493. The Labute approximate surface area is 144 Å². The van der Waals surface area contributed by atoms with Crippen LogP contribution in [0.2, 0.25) is 0 Å². The highest BCUT2D eigenvalue weighted by Gasteiger charge is 2.18. The van der Waals surface area contributed by atoms with E-state index in [1.807, 2.05) is 24.3 Å². The third-order valence-electron chi connectivity index (χ3n) is 3.37. The number of halogens is 2. The molecule has 0 aromatic heterocycles. The van der Waals surface area contributed by atoms with Gasteiger partial charge in [0.2, 0.25) is 5.91 Å². The van der Waals surface area contributed by atoms with Gasteiger partial charge in [-0.25, -0.2) is 0 Å². The van der Waals surface area contributed by atoms with Crippen LogP contribution in [0, 0.1) is 0 Å². The molecule has 0 saturated carbocycles. The molecule has 0 bridgehead atoms. The zero-order valence-electron chi connectivity index (χ0n) is 13.1. The molecule has 4 nitrogen and oxygen atoms in total. The van der Waals surface area contributed by atoms with Crippen LogP contribution in [0.3, 0.4) is 0 Å². The molecule has 0 radical (unpaired) electrons. The highest BCUT2D eigenvalue weighted by atomic mass is 79.9. The number of carbonyl (C=O) groups is 2. The Kier molecular flexibility index (Phi) is 8.55. The number of unbranched alkanes of at least 4 members (excludes halogenated alkanes) is 2. The van der Waals surface area contributed by atoms with Gasteiger partial charge in [0, 0.05) is 35.1 Å². The lowest BCUT2D eigenvalue weighted by Crippen LogP contribution is -2.33. The number of nitrogens with two attached hydrogens (primary N) is 1. The average molecular weight is 385 g/mol. The van der Waals surface area contributed by atoms with E-state index in [0.717, 1.165) is 23.0 Å². The van der Waals surface area contributed by atoms with Gasteiger partial charge >= 0.3 is 0 Å². The molecule has 1 aromatic carbocycles. The summed E-state index contributed by atoms with van der Waals surface area (Å²) in [7, 11) is 0. The summed E-state index contributed by atoms with van der Waals surface area (Å²) in [4.78, 5) is 24.8. The van der Waals surface area contributed by atoms with Crippen molar-refractivity contribution in [2.75, 3.05) is 18.1 Å². The first-order chi connectivity index (χ1) is 11.0. The van der Waals surface area contributed by atoms with Crippen LogP contribution in [-0.2, 0) is 9.59 Å². The van der Waals surface area contributed by atoms with Crippen molar-refractivity contribution >= 4 is 33.4 Å². The van der Waals surface area contributed by atoms with E-state index in [9.17, 15) is 14.0 Å². The van der Waals surface area contributed by atoms with Gasteiger partial charge in [0.1, 0.15) is 0 Å². The summed E-state index contributed by atoms with van der Waals surface area (Å²) in [5.41, 5.74) is 6.10. The Morgan fingerprint density at radius 2 is 1.96 bits per heavy atom. The van der Waals surface area contributed by atoms with Crippen LogP contribution < -0.4 is 10.6 Å². The first-order valence-electron chi connectivity index (χ1n) is 7.55. The Balaban J connectivity index is 2.74. The van der Waals surface area contributed by atoms with E-state index in [1.54, 1.807) is 4.90 Å². The number of amides is 2. The minimum atomic E-state index is -0.602. The maximum Gasteiger partial charge on any atom is 0.253 e. The number of hydrogen-bond donors (Lipinski definition) is 1. The third-order valence-corrected chi connectivity index (χ3v) is 3.86. The van der Waals surface area contributed by atoms with E-state index < -0.39 is 6.67 Å². The predicted octanol–water partition coefficient (Wildman–Crippen LogP) is 3.74. The van der Waals surface area contributed by atoms with Crippen LogP contribution in [0.1, 0.15) is 32.1 Å². The van der Waals surface area contributed by atoms with E-state index in [2.05, 4.69) is 22.5 Å². The molecule has 126 valence electrons. The number of carbonyl (C=O) groups excluding carboxylic acids is 2. The number of alkyl halides is 1. The van der Waals surface area contributed by atoms with E-state index in [0.29, 0.717) is 19.4 Å². The van der Waals surface area contributed by atoms with Crippen LogP contribution >= 0.6 is 15.9 Å². The van der Waals surface area contributed by atoms with Crippen LogP contribution in [0.5, 0.6) is 0 Å². The van der Waals surface area contributed by atoms with Crippen molar-refractivity contribution in [2.24, 2.45) is 5.73 Å². The van der Waals surface area contributed by atoms with Gasteiger partial charge in [0.25, 0.3) is 5.91 Å². The SMILES string of the molecule is C=C(CCF)C(=O)N(CCCCCC(N)=O)c1cccc(Br)c1. The van der Waals surface area contributed by atoms with Gasteiger partial charge in [0.05, 0.1) is 6.67 Å². The van der Waals surface area contributed by atoms with Gasteiger partial charge in [0.15, 0.2) is 0 Å². The summed E-state index contributed by atoms with van der Waals surface area (Å²) in [6.07, 6.45) is 2.59. The standard InChI is InChI=1S/C17H22BrFN2O2/c1-13(9-10-19)17(23)21(11-4-2-3-8-16(20)22)15-7-5-6-14(18)12-15/h5-7,12H,1-4,8-11H2,(H2,20,22). The summed E-state index contributed by atoms with van der Waals surface area (Å²) in [6.45, 7) is 3.56. The van der Waals surface area contributed by atoms with Crippen LogP contribution in [0.4, 0.5) is 10.1 Å². The van der Waals surface area contributed by atoms with E-state index in [-0.39, 0.29) is 23.8 Å². The summed E-state index contributed by atoms with van der Waals surface area (Å²) in [6, 6.07) is 7.37. The molecule has 0 atom stereocenters. The molecule has 0 aliphatic rings. The van der Waals surface area contributed by atoms with E-state index >= 15 is 0 Å². The Hall–Kier alpha value is -1.69. The molecule has 2 amide bonds. The zero-order chi connectivity index (χ0) is 17.2. The normalized spacial score (nSPS) is 10.3. The number of anilines is 1. The fourth-order valence-electron chi connectivity index (χ4n) is 2.15. The van der Waals surface area contributed by atoms with Crippen molar-refractivity contribution in [3.63, 3.8) is 0 Å². The van der Waals surface area contributed by atoms with Crippen LogP contribution in [0.25, 0.3) is 0 Å². The molecule has 0 aliphatic heterocycles. The molecule has 1 rings (SSSR count). The van der Waals surface area contributed by atoms with E-state index in [1.165, 1.54) is 0 Å². The van der Waals surface area contributed by atoms with Crippen molar-refractivity contribution < 1.29 is 14.0 Å². The molecule has 0 saturated heterocycles. The number of hydrogen-bond acceptors (Lipinski definition) is 2. The largest absolute Gasteiger partial charge is 0.370 e. The fourth-order valence-corrected chi connectivity index (χ4v) is 2.54.